The third-order valence-electron chi connectivity index (χ3n) is 3.21. The van der Waals surface area contributed by atoms with Gasteiger partial charge in [0.2, 0.25) is 0 Å². The number of ether oxygens (including phenoxy) is 1. The lowest BCUT2D eigenvalue weighted by Crippen LogP contribution is -2.18. The van der Waals surface area contributed by atoms with Crippen molar-refractivity contribution in [1.29, 1.82) is 0 Å². The van der Waals surface area contributed by atoms with Crippen molar-refractivity contribution in [3.8, 4) is 0 Å². The average molecular weight is 350 g/mol. The quantitative estimate of drug-likeness (QED) is 0.385. The van der Waals surface area contributed by atoms with Crippen molar-refractivity contribution in [2.45, 2.75) is 19.8 Å². The van der Waals surface area contributed by atoms with Crippen molar-refractivity contribution >= 4 is 38.4 Å². The van der Waals surface area contributed by atoms with Gasteiger partial charge in [0.05, 0.1) is 6.61 Å². The summed E-state index contributed by atoms with van der Waals surface area (Å²) >= 11 is 3.60. The number of nitrogens with zero attached hydrogens (tertiary/aromatic N) is 1. The molecule has 0 radical (unpaired) electrons. The van der Waals surface area contributed by atoms with E-state index in [1.165, 1.54) is 0 Å². The molecule has 0 saturated carbocycles. The normalized spacial score (nSPS) is 11.6. The van der Waals surface area contributed by atoms with Gasteiger partial charge < -0.3 is 9.94 Å². The summed E-state index contributed by atoms with van der Waals surface area (Å²) in [5.74, 6) is -0.572. The van der Waals surface area contributed by atoms with Crippen LogP contribution in [-0.2, 0) is 16.0 Å². The highest BCUT2D eigenvalue weighted by Gasteiger charge is 2.14. The van der Waals surface area contributed by atoms with E-state index in [9.17, 15) is 4.79 Å². The number of hydrogen-bond donors (Lipinski definition) is 1. The summed E-state index contributed by atoms with van der Waals surface area (Å²) in [6.07, 6.45) is 0.913. The number of rotatable bonds is 5. The number of esters is 1. The Balaban J connectivity index is 2.17. The number of aryl methyl sites for hydroxylation is 1. The van der Waals surface area contributed by atoms with Gasteiger partial charge >= 0.3 is 5.97 Å². The molecule has 2 aromatic carbocycles. The minimum absolute atomic E-state index is 0.0388. The largest absolute Gasteiger partial charge is 0.461 e. The van der Waals surface area contributed by atoms with Gasteiger partial charge in [0.25, 0.3) is 0 Å². The minimum Gasteiger partial charge on any atom is -0.461 e. The van der Waals surface area contributed by atoms with Gasteiger partial charge in [0.15, 0.2) is 5.71 Å². The van der Waals surface area contributed by atoms with Crippen LogP contribution in [-0.4, -0.2) is 23.5 Å². The van der Waals surface area contributed by atoms with E-state index in [1.54, 1.807) is 6.92 Å². The Morgan fingerprint density at radius 2 is 2.05 bits per heavy atom. The Kier molecular flexibility index (Phi) is 5.33. The molecule has 2 aromatic rings. The van der Waals surface area contributed by atoms with E-state index < -0.39 is 5.97 Å². The van der Waals surface area contributed by atoms with Crippen LogP contribution in [0.3, 0.4) is 0 Å². The van der Waals surface area contributed by atoms with Crippen LogP contribution in [0, 0.1) is 0 Å². The second-order valence-electron chi connectivity index (χ2n) is 4.53. The lowest BCUT2D eigenvalue weighted by molar-refractivity contribution is -0.135. The Bertz CT molecular complexity index is 682. The molecule has 2 rings (SSSR count). The molecule has 0 spiro atoms. The maximum Gasteiger partial charge on any atom is 0.356 e. The highest BCUT2D eigenvalue weighted by molar-refractivity contribution is 9.10. The first-order chi connectivity index (χ1) is 10.2. The molecule has 0 aliphatic carbocycles. The highest BCUT2D eigenvalue weighted by atomic mass is 79.9. The third-order valence-corrected chi connectivity index (χ3v) is 4.14. The van der Waals surface area contributed by atoms with Gasteiger partial charge in [-0.05, 0) is 45.6 Å². The number of benzene rings is 2. The number of hydrogen-bond acceptors (Lipinski definition) is 4. The lowest BCUT2D eigenvalue weighted by atomic mass is 10.0. The third kappa shape index (κ3) is 3.61. The molecule has 0 unspecified atom stereocenters. The lowest BCUT2D eigenvalue weighted by Gasteiger charge is -2.08. The molecule has 4 nitrogen and oxygen atoms in total. The molecule has 0 heterocycles. The molecular weight excluding hydrogens is 334 g/mol. The van der Waals surface area contributed by atoms with E-state index in [2.05, 4.69) is 21.1 Å². The molecule has 0 amide bonds. The van der Waals surface area contributed by atoms with Crippen molar-refractivity contribution in [3.05, 3.63) is 46.4 Å². The molecule has 0 saturated heterocycles. The summed E-state index contributed by atoms with van der Waals surface area (Å²) in [4.78, 5) is 11.6. The Hall–Kier alpha value is -1.88. The van der Waals surface area contributed by atoms with Crippen LogP contribution in [0.25, 0.3) is 10.8 Å². The van der Waals surface area contributed by atoms with Crippen molar-refractivity contribution in [1.82, 2.24) is 0 Å². The van der Waals surface area contributed by atoms with Gasteiger partial charge in [-0.1, -0.05) is 41.6 Å². The van der Waals surface area contributed by atoms with Crippen molar-refractivity contribution in [3.63, 3.8) is 0 Å². The summed E-state index contributed by atoms with van der Waals surface area (Å²) in [6, 6.07) is 12.1. The first kappa shape index (κ1) is 15.5. The van der Waals surface area contributed by atoms with Crippen molar-refractivity contribution in [2.75, 3.05) is 6.61 Å². The van der Waals surface area contributed by atoms with Gasteiger partial charge in [-0.2, -0.15) is 0 Å². The van der Waals surface area contributed by atoms with Gasteiger partial charge in [-0.3, -0.25) is 0 Å². The van der Waals surface area contributed by atoms with Crippen LogP contribution >= 0.6 is 15.9 Å². The second kappa shape index (κ2) is 7.22. The number of fused-ring (bicyclic) bond motifs is 1. The molecule has 0 atom stereocenters. The fourth-order valence-electron chi connectivity index (χ4n) is 2.13. The monoisotopic (exact) mass is 349 g/mol. The molecule has 0 bridgehead atoms. The van der Waals surface area contributed by atoms with Gasteiger partial charge in [-0.25, -0.2) is 4.79 Å². The maximum atomic E-state index is 11.6. The second-order valence-corrected chi connectivity index (χ2v) is 5.32. The number of halogens is 1. The topological polar surface area (TPSA) is 58.9 Å². The molecule has 110 valence electrons. The number of oxime groups is 1. The zero-order valence-electron chi connectivity index (χ0n) is 11.7. The van der Waals surface area contributed by atoms with E-state index in [0.29, 0.717) is 12.8 Å². The Morgan fingerprint density at radius 3 is 2.76 bits per heavy atom. The van der Waals surface area contributed by atoms with E-state index >= 15 is 0 Å². The van der Waals surface area contributed by atoms with Crippen LogP contribution < -0.4 is 0 Å². The molecular formula is C16H16BrNO3. The zero-order chi connectivity index (χ0) is 15.2. The minimum atomic E-state index is -0.572. The summed E-state index contributed by atoms with van der Waals surface area (Å²) in [5.41, 5.74) is 1.09. The van der Waals surface area contributed by atoms with E-state index in [1.807, 2.05) is 36.4 Å². The first-order valence-corrected chi connectivity index (χ1v) is 7.50. The molecule has 0 aliphatic heterocycles. The van der Waals surface area contributed by atoms with Crippen LogP contribution in [0.15, 0.2) is 46.0 Å². The summed E-state index contributed by atoms with van der Waals surface area (Å²) < 4.78 is 5.84. The summed E-state index contributed by atoms with van der Waals surface area (Å²) in [6.45, 7) is 1.98. The predicted octanol–water partition coefficient (Wildman–Crippen LogP) is 3.93. The van der Waals surface area contributed by atoms with Gasteiger partial charge in [-0.15, -0.1) is 0 Å². The van der Waals surface area contributed by atoms with Gasteiger partial charge in [0.1, 0.15) is 0 Å². The smallest absolute Gasteiger partial charge is 0.356 e. The van der Waals surface area contributed by atoms with E-state index in [-0.39, 0.29) is 12.3 Å². The molecule has 1 N–H and O–H groups in total. The van der Waals surface area contributed by atoms with E-state index in [4.69, 9.17) is 9.94 Å². The van der Waals surface area contributed by atoms with Crippen molar-refractivity contribution in [2.24, 2.45) is 5.16 Å². The molecule has 0 fully saturated rings. The SMILES string of the molecule is CCOC(=O)C(CCc1ccc2ccccc2c1Br)=NO. The van der Waals surface area contributed by atoms with Gasteiger partial charge in [0, 0.05) is 10.9 Å². The van der Waals surface area contributed by atoms with Crippen LogP contribution in [0.1, 0.15) is 18.9 Å². The average Bonchev–Trinajstić information content (AvgIpc) is 2.50. The summed E-state index contributed by atoms with van der Waals surface area (Å²) in [7, 11) is 0. The fourth-order valence-corrected chi connectivity index (χ4v) is 2.82. The maximum absolute atomic E-state index is 11.6. The zero-order valence-corrected chi connectivity index (χ0v) is 13.3. The molecule has 0 aromatic heterocycles. The number of carbonyl (C=O) groups is 1. The molecule has 5 heteroatoms. The van der Waals surface area contributed by atoms with Crippen molar-refractivity contribution < 1.29 is 14.7 Å². The Labute approximate surface area is 131 Å². The molecule has 0 aliphatic rings. The first-order valence-electron chi connectivity index (χ1n) is 6.71. The highest BCUT2D eigenvalue weighted by Crippen LogP contribution is 2.28. The standard InChI is InChI=1S/C16H16BrNO3/c1-2-21-16(19)14(18-20)10-9-12-8-7-11-5-3-4-6-13(11)15(12)17/h3-8,20H,2,9-10H2,1H3. The van der Waals surface area contributed by atoms with E-state index in [0.717, 1.165) is 20.8 Å². The Morgan fingerprint density at radius 1 is 1.29 bits per heavy atom. The van der Waals surface area contributed by atoms with Crippen LogP contribution in [0.2, 0.25) is 0 Å². The fraction of sp³-hybridized carbons (Fsp3) is 0.250. The number of carbonyl (C=O) groups excluding carboxylic acids is 1. The molecule has 21 heavy (non-hydrogen) atoms. The van der Waals surface area contributed by atoms with Crippen LogP contribution in [0.5, 0.6) is 0 Å². The summed E-state index contributed by atoms with van der Waals surface area (Å²) in [5, 5.41) is 14.2. The predicted molar refractivity (Wildman–Crippen MR) is 85.8 cm³/mol. The van der Waals surface area contributed by atoms with Crippen LogP contribution in [0.4, 0.5) is 0 Å².